The third kappa shape index (κ3) is 4.57. The molecule has 0 amide bonds. The first kappa shape index (κ1) is 18.0. The van der Waals surface area contributed by atoms with E-state index in [2.05, 4.69) is 28.3 Å². The van der Waals surface area contributed by atoms with Crippen LogP contribution in [0.1, 0.15) is 35.9 Å². The van der Waals surface area contributed by atoms with Gasteiger partial charge in [0.25, 0.3) is 0 Å². The molecular weight excluding hydrogens is 423 g/mol. The molecule has 2 unspecified atom stereocenters. The molecule has 1 aromatic heterocycles. The summed E-state index contributed by atoms with van der Waals surface area (Å²) in [6.07, 6.45) is 2.70. The summed E-state index contributed by atoms with van der Waals surface area (Å²) < 4.78 is 5.65. The lowest BCUT2D eigenvalue weighted by Gasteiger charge is -2.27. The summed E-state index contributed by atoms with van der Waals surface area (Å²) >= 11 is 1.65. The van der Waals surface area contributed by atoms with Gasteiger partial charge in [0.1, 0.15) is 5.75 Å². The van der Waals surface area contributed by atoms with Gasteiger partial charge in [-0.2, -0.15) is 0 Å². The van der Waals surface area contributed by atoms with Crippen LogP contribution >= 0.6 is 35.3 Å². The summed E-state index contributed by atoms with van der Waals surface area (Å²) in [7, 11) is 0. The summed E-state index contributed by atoms with van der Waals surface area (Å²) in [4.78, 5) is 8.77. The Kier molecular flexibility index (Phi) is 6.64. The molecule has 124 valence electrons. The molecule has 0 fully saturated rings. The van der Waals surface area contributed by atoms with E-state index in [1.165, 1.54) is 0 Å². The second-order valence-corrected chi connectivity index (χ2v) is 6.30. The Morgan fingerprint density at radius 2 is 2.35 bits per heavy atom. The van der Waals surface area contributed by atoms with Crippen molar-refractivity contribution in [1.29, 1.82) is 0 Å². The molecule has 1 aliphatic rings. The molecule has 23 heavy (non-hydrogen) atoms. The predicted molar refractivity (Wildman–Crippen MR) is 105 cm³/mol. The molecule has 2 heterocycles. The lowest BCUT2D eigenvalue weighted by atomic mass is 10.0. The van der Waals surface area contributed by atoms with Gasteiger partial charge in [-0.1, -0.05) is 25.1 Å². The van der Waals surface area contributed by atoms with Crippen molar-refractivity contribution in [3.05, 3.63) is 46.4 Å². The van der Waals surface area contributed by atoms with Gasteiger partial charge in [0, 0.05) is 29.5 Å². The van der Waals surface area contributed by atoms with Crippen molar-refractivity contribution in [2.24, 2.45) is 10.7 Å². The number of nitrogens with zero attached hydrogens (tertiary/aromatic N) is 2. The predicted octanol–water partition coefficient (Wildman–Crippen LogP) is 3.29. The molecule has 2 atom stereocenters. The van der Waals surface area contributed by atoms with Crippen LogP contribution in [-0.2, 0) is 0 Å². The van der Waals surface area contributed by atoms with E-state index in [0.717, 1.165) is 22.7 Å². The van der Waals surface area contributed by atoms with Crippen molar-refractivity contribution in [3.63, 3.8) is 0 Å². The smallest absolute Gasteiger partial charge is 0.189 e. The maximum Gasteiger partial charge on any atom is 0.189 e. The highest BCUT2D eigenvalue weighted by molar-refractivity contribution is 14.0. The zero-order valence-corrected chi connectivity index (χ0v) is 16.1. The molecule has 2 aromatic rings. The summed E-state index contributed by atoms with van der Waals surface area (Å²) in [6.45, 7) is 3.44. The average Bonchev–Trinajstić information content (AvgIpc) is 3.07. The molecule has 0 aliphatic carbocycles. The van der Waals surface area contributed by atoms with Crippen LogP contribution in [-0.4, -0.2) is 24.1 Å². The first-order valence-electron chi connectivity index (χ1n) is 7.41. The lowest BCUT2D eigenvalue weighted by Crippen LogP contribution is -2.37. The van der Waals surface area contributed by atoms with Crippen molar-refractivity contribution in [3.8, 4) is 5.75 Å². The molecule has 0 bridgehead atoms. The van der Waals surface area contributed by atoms with Crippen LogP contribution in [0.2, 0.25) is 0 Å². The first-order chi connectivity index (χ1) is 10.7. The topological polar surface area (TPSA) is 72.5 Å². The Morgan fingerprint density at radius 1 is 1.52 bits per heavy atom. The molecule has 0 radical (unpaired) electrons. The first-order valence-corrected chi connectivity index (χ1v) is 8.29. The number of thiazole rings is 1. The fourth-order valence-electron chi connectivity index (χ4n) is 2.51. The second-order valence-electron chi connectivity index (χ2n) is 5.37. The Labute approximate surface area is 157 Å². The van der Waals surface area contributed by atoms with Crippen molar-refractivity contribution < 1.29 is 4.74 Å². The Hall–Kier alpha value is -1.35. The lowest BCUT2D eigenvalue weighted by molar-refractivity contribution is 0.262. The standard InChI is InChI=1S/C16H20N4OS.HI/c1-11(15-18-7-9-22-15)10-19-16(17)20-13-6-8-21-14-5-3-2-4-12(13)14;/h2-5,7,9,11,13H,6,8,10H2,1H3,(H3,17,19,20);1H. The van der Waals surface area contributed by atoms with Gasteiger partial charge in [-0.05, 0) is 6.07 Å². The van der Waals surface area contributed by atoms with E-state index < -0.39 is 0 Å². The van der Waals surface area contributed by atoms with E-state index in [0.29, 0.717) is 19.1 Å². The SMILES string of the molecule is CC(CN=C(N)NC1CCOc2ccccc21)c1nccs1.I. The number of nitrogens with one attached hydrogen (secondary N) is 1. The fraction of sp³-hybridized carbons (Fsp3) is 0.375. The van der Waals surface area contributed by atoms with Crippen LogP contribution in [0.25, 0.3) is 0 Å². The molecule has 0 saturated carbocycles. The summed E-state index contributed by atoms with van der Waals surface area (Å²) in [5.74, 6) is 1.68. The number of aliphatic imine (C=N–C) groups is 1. The van der Waals surface area contributed by atoms with Crippen molar-refractivity contribution in [1.82, 2.24) is 10.3 Å². The number of guanidine groups is 1. The minimum atomic E-state index is 0. The number of aromatic nitrogens is 1. The third-order valence-electron chi connectivity index (χ3n) is 3.69. The second kappa shape index (κ2) is 8.49. The Morgan fingerprint density at radius 3 is 3.13 bits per heavy atom. The average molecular weight is 444 g/mol. The van der Waals surface area contributed by atoms with Gasteiger partial charge < -0.3 is 15.8 Å². The largest absolute Gasteiger partial charge is 0.493 e. The van der Waals surface area contributed by atoms with Gasteiger partial charge >= 0.3 is 0 Å². The number of nitrogens with two attached hydrogens (primary N) is 1. The molecule has 0 saturated heterocycles. The fourth-order valence-corrected chi connectivity index (χ4v) is 3.20. The van der Waals surface area contributed by atoms with Crippen LogP contribution in [0, 0.1) is 0 Å². The van der Waals surface area contributed by atoms with Gasteiger partial charge in [0.15, 0.2) is 5.96 Å². The number of hydrogen-bond donors (Lipinski definition) is 2. The summed E-state index contributed by atoms with van der Waals surface area (Å²) in [5.41, 5.74) is 7.18. The molecule has 3 N–H and O–H groups in total. The van der Waals surface area contributed by atoms with Gasteiger partial charge in [0.05, 0.1) is 24.2 Å². The molecule has 1 aliphatic heterocycles. The number of hydrogen-bond acceptors (Lipinski definition) is 4. The van der Waals surface area contributed by atoms with Crippen molar-refractivity contribution in [2.75, 3.05) is 13.2 Å². The highest BCUT2D eigenvalue weighted by Crippen LogP contribution is 2.31. The third-order valence-corrected chi connectivity index (χ3v) is 4.70. The molecule has 7 heteroatoms. The van der Waals surface area contributed by atoms with Crippen LogP contribution < -0.4 is 15.8 Å². The maximum atomic E-state index is 6.04. The van der Waals surface area contributed by atoms with Crippen molar-refractivity contribution >= 4 is 41.3 Å². The maximum absolute atomic E-state index is 6.04. The normalized spacial score (nSPS) is 18.3. The van der Waals surface area contributed by atoms with E-state index in [1.807, 2.05) is 29.8 Å². The van der Waals surface area contributed by atoms with E-state index in [-0.39, 0.29) is 35.9 Å². The quantitative estimate of drug-likeness (QED) is 0.431. The minimum absolute atomic E-state index is 0. The number of ether oxygens (including phenoxy) is 1. The molecular formula is C16H21IN4OS. The van der Waals surface area contributed by atoms with Gasteiger partial charge in [-0.15, -0.1) is 35.3 Å². The van der Waals surface area contributed by atoms with Crippen LogP contribution in [0.5, 0.6) is 5.75 Å². The van der Waals surface area contributed by atoms with Crippen molar-refractivity contribution in [2.45, 2.75) is 25.3 Å². The van der Waals surface area contributed by atoms with Gasteiger partial charge in [-0.25, -0.2) is 4.98 Å². The van der Waals surface area contributed by atoms with E-state index in [1.54, 1.807) is 11.3 Å². The number of halogens is 1. The van der Waals surface area contributed by atoms with E-state index in [4.69, 9.17) is 10.5 Å². The van der Waals surface area contributed by atoms with Gasteiger partial charge in [0.2, 0.25) is 0 Å². The summed E-state index contributed by atoms with van der Waals surface area (Å²) in [5, 5.41) is 6.38. The van der Waals surface area contributed by atoms with E-state index in [9.17, 15) is 0 Å². The van der Waals surface area contributed by atoms with Crippen LogP contribution in [0.15, 0.2) is 40.8 Å². The monoisotopic (exact) mass is 444 g/mol. The van der Waals surface area contributed by atoms with Crippen LogP contribution in [0.4, 0.5) is 0 Å². The highest BCUT2D eigenvalue weighted by atomic mass is 127. The van der Waals surface area contributed by atoms with Crippen LogP contribution in [0.3, 0.4) is 0 Å². The number of fused-ring (bicyclic) bond motifs is 1. The summed E-state index contributed by atoms with van der Waals surface area (Å²) in [6, 6.07) is 8.21. The zero-order valence-electron chi connectivity index (χ0n) is 12.9. The van der Waals surface area contributed by atoms with E-state index >= 15 is 0 Å². The number of para-hydroxylation sites is 1. The molecule has 3 rings (SSSR count). The number of benzene rings is 1. The molecule has 0 spiro atoms. The number of rotatable bonds is 4. The Bertz CT molecular complexity index is 647. The zero-order chi connectivity index (χ0) is 15.4. The highest BCUT2D eigenvalue weighted by Gasteiger charge is 2.21. The minimum Gasteiger partial charge on any atom is -0.493 e. The molecule has 1 aromatic carbocycles. The van der Waals surface area contributed by atoms with Gasteiger partial charge in [-0.3, -0.25) is 4.99 Å². The molecule has 5 nitrogen and oxygen atoms in total. The Balaban J connectivity index is 0.00000192.